The van der Waals surface area contributed by atoms with E-state index in [9.17, 15) is 9.59 Å². The number of benzene rings is 1. The number of anilines is 2. The van der Waals surface area contributed by atoms with Crippen LogP contribution in [0.5, 0.6) is 5.75 Å². The number of hydrogen-bond donors (Lipinski definition) is 2. The number of carbonyl (C=O) groups excluding carboxylic acids is 2. The van der Waals surface area contributed by atoms with Crippen LogP contribution in [0.25, 0.3) is 0 Å². The van der Waals surface area contributed by atoms with Crippen LogP contribution in [0.2, 0.25) is 0 Å². The van der Waals surface area contributed by atoms with Gasteiger partial charge in [-0.3, -0.25) is 9.59 Å². The average Bonchev–Trinajstić information content (AvgIpc) is 3.02. The largest absolute Gasteiger partial charge is 0.497 e. The first-order chi connectivity index (χ1) is 11.8. The zero-order valence-electron chi connectivity index (χ0n) is 14.8. The second kappa shape index (κ2) is 8.06. The fraction of sp³-hybridized carbons (Fsp3) is 0.412. The molecule has 25 heavy (non-hydrogen) atoms. The Labute approximate surface area is 150 Å². The number of carbonyl (C=O) groups is 2. The number of amides is 2. The number of hydrogen-bond acceptors (Lipinski definition) is 6. The van der Waals surface area contributed by atoms with Gasteiger partial charge in [0.05, 0.1) is 7.11 Å². The summed E-state index contributed by atoms with van der Waals surface area (Å²) < 4.78 is 5.06. The molecule has 2 rings (SSSR count). The Morgan fingerprint density at radius 2 is 1.64 bits per heavy atom. The van der Waals surface area contributed by atoms with Crippen molar-refractivity contribution in [2.75, 3.05) is 17.7 Å². The highest BCUT2D eigenvalue weighted by Crippen LogP contribution is 2.27. The van der Waals surface area contributed by atoms with Crippen molar-refractivity contribution in [3.8, 4) is 5.75 Å². The Kier molecular flexibility index (Phi) is 6.08. The molecule has 0 aliphatic carbocycles. The Morgan fingerprint density at radius 1 is 1.04 bits per heavy atom. The molecule has 2 N–H and O–H groups in total. The van der Waals surface area contributed by atoms with Crippen LogP contribution in [-0.2, 0) is 15.0 Å². The SMILES string of the molecule is COc1ccc(NC(=O)CCC(=O)Nc2nnc(C(C)(C)C)s2)cc1. The molecule has 0 spiro atoms. The van der Waals surface area contributed by atoms with Gasteiger partial charge in [0.15, 0.2) is 0 Å². The average molecular weight is 362 g/mol. The van der Waals surface area contributed by atoms with Gasteiger partial charge in [-0.05, 0) is 24.3 Å². The number of methoxy groups -OCH3 is 1. The van der Waals surface area contributed by atoms with Crippen molar-refractivity contribution in [3.05, 3.63) is 29.3 Å². The molecule has 1 heterocycles. The lowest BCUT2D eigenvalue weighted by molar-refractivity contribution is -0.121. The summed E-state index contributed by atoms with van der Waals surface area (Å²) in [5.74, 6) is 0.221. The topological polar surface area (TPSA) is 93.2 Å². The lowest BCUT2D eigenvalue weighted by atomic mass is 9.98. The quantitative estimate of drug-likeness (QED) is 0.823. The summed E-state index contributed by atoms with van der Waals surface area (Å²) in [6, 6.07) is 6.99. The maximum atomic E-state index is 11.9. The van der Waals surface area contributed by atoms with Crippen LogP contribution in [0.3, 0.4) is 0 Å². The van der Waals surface area contributed by atoms with Gasteiger partial charge >= 0.3 is 0 Å². The van der Waals surface area contributed by atoms with E-state index in [-0.39, 0.29) is 30.1 Å². The van der Waals surface area contributed by atoms with Crippen LogP contribution in [0.15, 0.2) is 24.3 Å². The third kappa shape index (κ3) is 5.82. The molecule has 7 nitrogen and oxygen atoms in total. The molecule has 0 unspecified atom stereocenters. The third-order valence-electron chi connectivity index (χ3n) is 3.27. The molecule has 134 valence electrons. The molecule has 0 saturated heterocycles. The predicted octanol–water partition coefficient (Wildman–Crippen LogP) is 3.20. The highest BCUT2D eigenvalue weighted by Gasteiger charge is 2.20. The molecule has 0 saturated carbocycles. The van der Waals surface area contributed by atoms with Crippen molar-refractivity contribution in [3.63, 3.8) is 0 Å². The van der Waals surface area contributed by atoms with Gasteiger partial charge in [-0.15, -0.1) is 10.2 Å². The molecule has 0 aliphatic heterocycles. The normalized spacial score (nSPS) is 11.0. The maximum absolute atomic E-state index is 11.9. The molecule has 8 heteroatoms. The number of rotatable bonds is 6. The first-order valence-corrected chi connectivity index (χ1v) is 8.67. The van der Waals surface area contributed by atoms with Crippen molar-refractivity contribution in [2.24, 2.45) is 0 Å². The number of aromatic nitrogens is 2. The first kappa shape index (κ1) is 18.9. The Balaban J connectivity index is 1.79. The van der Waals surface area contributed by atoms with Crippen LogP contribution in [-0.4, -0.2) is 29.1 Å². The van der Waals surface area contributed by atoms with Crippen LogP contribution in [0, 0.1) is 0 Å². The van der Waals surface area contributed by atoms with Gasteiger partial charge < -0.3 is 15.4 Å². The van der Waals surface area contributed by atoms with E-state index in [0.717, 1.165) is 5.01 Å². The van der Waals surface area contributed by atoms with Crippen LogP contribution < -0.4 is 15.4 Å². The second-order valence-corrected chi connectivity index (χ2v) is 7.46. The summed E-state index contributed by atoms with van der Waals surface area (Å²) in [5.41, 5.74) is 0.545. The molecule has 0 fully saturated rings. The van der Waals surface area contributed by atoms with Crippen molar-refractivity contribution in [1.82, 2.24) is 10.2 Å². The molecule has 2 amide bonds. The number of ether oxygens (including phenoxy) is 1. The Bertz CT molecular complexity index is 735. The minimum absolute atomic E-state index is 0.0758. The zero-order chi connectivity index (χ0) is 18.4. The predicted molar refractivity (Wildman–Crippen MR) is 98.1 cm³/mol. The molecule has 0 atom stereocenters. The maximum Gasteiger partial charge on any atom is 0.226 e. The summed E-state index contributed by atoms with van der Waals surface area (Å²) in [6.45, 7) is 6.09. The summed E-state index contributed by atoms with van der Waals surface area (Å²) in [6.07, 6.45) is 0.162. The van der Waals surface area contributed by atoms with Crippen LogP contribution in [0.1, 0.15) is 38.6 Å². The smallest absolute Gasteiger partial charge is 0.226 e. The third-order valence-corrected chi connectivity index (χ3v) is 4.53. The van der Waals surface area contributed by atoms with Gasteiger partial charge in [-0.1, -0.05) is 32.1 Å². The summed E-state index contributed by atoms with van der Waals surface area (Å²) in [5, 5.41) is 14.7. The van der Waals surface area contributed by atoms with Crippen molar-refractivity contribution in [1.29, 1.82) is 0 Å². The first-order valence-electron chi connectivity index (χ1n) is 7.85. The fourth-order valence-corrected chi connectivity index (χ4v) is 2.70. The van der Waals surface area contributed by atoms with Crippen LogP contribution in [0.4, 0.5) is 10.8 Å². The summed E-state index contributed by atoms with van der Waals surface area (Å²) in [4.78, 5) is 23.9. The molecule has 2 aromatic rings. The molecule has 0 bridgehead atoms. The number of nitrogens with zero attached hydrogens (tertiary/aromatic N) is 2. The van der Waals surface area contributed by atoms with E-state index in [1.807, 2.05) is 20.8 Å². The lowest BCUT2D eigenvalue weighted by Gasteiger charge is -2.12. The van der Waals surface area contributed by atoms with Gasteiger partial charge in [0.1, 0.15) is 10.8 Å². The van der Waals surface area contributed by atoms with E-state index in [1.165, 1.54) is 11.3 Å². The van der Waals surface area contributed by atoms with E-state index in [4.69, 9.17) is 4.74 Å². The van der Waals surface area contributed by atoms with Gasteiger partial charge in [-0.25, -0.2) is 0 Å². The molecule has 1 aromatic heterocycles. The van der Waals surface area contributed by atoms with Gasteiger partial charge in [0.25, 0.3) is 0 Å². The standard InChI is InChI=1S/C17H22N4O3S/c1-17(2,3)15-20-21-16(25-15)19-14(23)10-9-13(22)18-11-5-7-12(24-4)8-6-11/h5-8H,9-10H2,1-4H3,(H,18,22)(H,19,21,23). The van der Waals surface area contributed by atoms with E-state index in [2.05, 4.69) is 20.8 Å². The van der Waals surface area contributed by atoms with E-state index >= 15 is 0 Å². The van der Waals surface area contributed by atoms with Gasteiger partial charge in [0.2, 0.25) is 16.9 Å². The van der Waals surface area contributed by atoms with Crippen molar-refractivity contribution < 1.29 is 14.3 Å². The highest BCUT2D eigenvalue weighted by molar-refractivity contribution is 7.15. The summed E-state index contributed by atoms with van der Waals surface area (Å²) >= 11 is 1.34. The Morgan fingerprint density at radius 3 is 2.16 bits per heavy atom. The Hall–Kier alpha value is -2.48. The molecular weight excluding hydrogens is 340 g/mol. The van der Waals surface area contributed by atoms with E-state index in [1.54, 1.807) is 31.4 Å². The minimum atomic E-state index is -0.263. The van der Waals surface area contributed by atoms with Gasteiger partial charge in [-0.2, -0.15) is 0 Å². The van der Waals surface area contributed by atoms with Crippen LogP contribution >= 0.6 is 11.3 Å². The van der Waals surface area contributed by atoms with Crippen molar-refractivity contribution in [2.45, 2.75) is 39.0 Å². The van der Waals surface area contributed by atoms with Gasteiger partial charge in [0, 0.05) is 23.9 Å². The second-order valence-electron chi connectivity index (χ2n) is 6.49. The fourth-order valence-electron chi connectivity index (χ4n) is 1.88. The monoisotopic (exact) mass is 362 g/mol. The molecular formula is C17H22N4O3S. The van der Waals surface area contributed by atoms with E-state index < -0.39 is 0 Å². The molecule has 0 radical (unpaired) electrons. The highest BCUT2D eigenvalue weighted by atomic mass is 32.1. The minimum Gasteiger partial charge on any atom is -0.497 e. The van der Waals surface area contributed by atoms with E-state index in [0.29, 0.717) is 16.6 Å². The summed E-state index contributed by atoms with van der Waals surface area (Å²) in [7, 11) is 1.58. The lowest BCUT2D eigenvalue weighted by Crippen LogP contribution is -2.17. The molecule has 0 aliphatic rings. The zero-order valence-corrected chi connectivity index (χ0v) is 15.6. The van der Waals surface area contributed by atoms with Crippen molar-refractivity contribution >= 4 is 34.0 Å². The molecule has 1 aromatic carbocycles. The number of nitrogens with one attached hydrogen (secondary N) is 2.